The number of nitrogens with one attached hydrogen (secondary N) is 1. The van der Waals surface area contributed by atoms with Crippen LogP contribution in [0.3, 0.4) is 0 Å². The minimum Gasteiger partial charge on any atom is -0.408 e. The van der Waals surface area contributed by atoms with Crippen LogP contribution in [-0.4, -0.2) is 11.0 Å². The summed E-state index contributed by atoms with van der Waals surface area (Å²) in [5.41, 5.74) is 8.35. The molecule has 4 heteroatoms. The van der Waals surface area contributed by atoms with Gasteiger partial charge in [0.25, 0.3) is 0 Å². The summed E-state index contributed by atoms with van der Waals surface area (Å²) in [4.78, 5) is 13.6. The van der Waals surface area contributed by atoms with Crippen LogP contribution in [0.4, 0.5) is 0 Å². The molecule has 0 atom stereocenters. The molecule has 78 valence electrons. The van der Waals surface area contributed by atoms with Crippen LogP contribution in [0.15, 0.2) is 27.4 Å². The molecule has 0 saturated heterocycles. The topological polar surface area (TPSA) is 72.0 Å². The maximum atomic E-state index is 11.0. The fourth-order valence-electron chi connectivity index (χ4n) is 2.15. The van der Waals surface area contributed by atoms with Crippen LogP contribution in [0.5, 0.6) is 0 Å². The Hall–Kier alpha value is -1.55. The molecule has 3 rings (SSSR count). The van der Waals surface area contributed by atoms with E-state index in [1.807, 2.05) is 18.2 Å². The van der Waals surface area contributed by atoms with Crippen molar-refractivity contribution in [3.05, 3.63) is 34.3 Å². The van der Waals surface area contributed by atoms with E-state index in [0.717, 1.165) is 18.4 Å². The maximum absolute atomic E-state index is 11.0. The van der Waals surface area contributed by atoms with Crippen molar-refractivity contribution in [2.24, 2.45) is 5.73 Å². The summed E-state index contributed by atoms with van der Waals surface area (Å²) in [6.45, 7) is 0. The van der Waals surface area contributed by atoms with Crippen molar-refractivity contribution in [1.29, 1.82) is 0 Å². The third-order valence-electron chi connectivity index (χ3n) is 3.09. The Morgan fingerprint density at radius 1 is 1.40 bits per heavy atom. The molecule has 15 heavy (non-hydrogen) atoms. The van der Waals surface area contributed by atoms with Gasteiger partial charge in [0, 0.05) is 6.04 Å². The van der Waals surface area contributed by atoms with Crippen LogP contribution in [0.25, 0.3) is 11.1 Å². The summed E-state index contributed by atoms with van der Waals surface area (Å²) in [7, 11) is 0. The molecule has 1 aliphatic rings. The molecule has 1 aliphatic carbocycles. The van der Waals surface area contributed by atoms with Gasteiger partial charge in [-0.15, -0.1) is 0 Å². The number of oxazole rings is 1. The number of nitrogens with two attached hydrogens (primary N) is 1. The van der Waals surface area contributed by atoms with Gasteiger partial charge in [0.15, 0.2) is 5.58 Å². The Morgan fingerprint density at radius 2 is 2.20 bits per heavy atom. The Morgan fingerprint density at radius 3 is 2.93 bits per heavy atom. The van der Waals surface area contributed by atoms with Crippen LogP contribution in [0.1, 0.15) is 24.3 Å². The first-order chi connectivity index (χ1) is 7.22. The third kappa shape index (κ3) is 1.37. The van der Waals surface area contributed by atoms with E-state index in [0.29, 0.717) is 17.5 Å². The largest absolute Gasteiger partial charge is 0.417 e. The van der Waals surface area contributed by atoms with E-state index in [4.69, 9.17) is 10.2 Å². The zero-order valence-electron chi connectivity index (χ0n) is 8.19. The van der Waals surface area contributed by atoms with E-state index in [2.05, 4.69) is 4.98 Å². The molecule has 0 spiro atoms. The van der Waals surface area contributed by atoms with Gasteiger partial charge >= 0.3 is 5.76 Å². The second kappa shape index (κ2) is 2.97. The van der Waals surface area contributed by atoms with Gasteiger partial charge in [0.2, 0.25) is 0 Å². The van der Waals surface area contributed by atoms with Gasteiger partial charge in [0.1, 0.15) is 0 Å². The number of rotatable bonds is 1. The lowest BCUT2D eigenvalue weighted by Crippen LogP contribution is -2.34. The number of fused-ring (bicyclic) bond motifs is 1. The molecule has 2 aromatic rings. The summed E-state index contributed by atoms with van der Waals surface area (Å²) < 4.78 is 5.01. The Kier molecular flexibility index (Phi) is 1.73. The average Bonchev–Trinajstić information content (AvgIpc) is 2.52. The van der Waals surface area contributed by atoms with Crippen LogP contribution < -0.4 is 11.5 Å². The number of aromatic nitrogens is 1. The summed E-state index contributed by atoms with van der Waals surface area (Å²) in [6.07, 6.45) is 2.06. The second-order valence-corrected chi connectivity index (χ2v) is 4.20. The maximum Gasteiger partial charge on any atom is 0.417 e. The molecular formula is C11H12N2O2. The zero-order valence-corrected chi connectivity index (χ0v) is 8.19. The lowest BCUT2D eigenvalue weighted by molar-refractivity contribution is 0.351. The van der Waals surface area contributed by atoms with E-state index >= 15 is 0 Å². The van der Waals surface area contributed by atoms with E-state index in [1.54, 1.807) is 0 Å². The van der Waals surface area contributed by atoms with Crippen molar-refractivity contribution >= 4 is 11.1 Å². The smallest absolute Gasteiger partial charge is 0.408 e. The van der Waals surface area contributed by atoms with E-state index in [9.17, 15) is 4.79 Å². The fraction of sp³-hybridized carbons (Fsp3) is 0.364. The molecule has 3 N–H and O–H groups in total. The zero-order chi connectivity index (χ0) is 10.4. The third-order valence-corrected chi connectivity index (χ3v) is 3.09. The molecule has 4 nitrogen and oxygen atoms in total. The van der Waals surface area contributed by atoms with Crippen molar-refractivity contribution in [1.82, 2.24) is 4.98 Å². The van der Waals surface area contributed by atoms with Gasteiger partial charge < -0.3 is 10.2 Å². The first-order valence-corrected chi connectivity index (χ1v) is 5.11. The van der Waals surface area contributed by atoms with Crippen molar-refractivity contribution in [2.75, 3.05) is 0 Å². The number of benzene rings is 1. The minimum absolute atomic E-state index is 0.337. The first-order valence-electron chi connectivity index (χ1n) is 5.11. The lowest BCUT2D eigenvalue weighted by Gasteiger charge is -2.32. The predicted octanol–water partition coefficient (Wildman–Crippen LogP) is 1.33. The van der Waals surface area contributed by atoms with Crippen LogP contribution in [0, 0.1) is 0 Å². The van der Waals surface area contributed by atoms with E-state index in [-0.39, 0.29) is 0 Å². The standard InChI is InChI=1S/C11H12N2O2/c12-8-3-7(4-8)6-1-2-9-10(5-6)15-11(14)13-9/h1-2,5,7-8H,3-4,12H2,(H,13,14). The normalized spacial score (nSPS) is 25.4. The monoisotopic (exact) mass is 204 g/mol. The highest BCUT2D eigenvalue weighted by Crippen LogP contribution is 2.36. The molecule has 0 radical (unpaired) electrons. The van der Waals surface area contributed by atoms with Crippen molar-refractivity contribution in [2.45, 2.75) is 24.8 Å². The van der Waals surface area contributed by atoms with Crippen molar-refractivity contribution < 1.29 is 4.42 Å². The Labute approximate surface area is 86.1 Å². The van der Waals surface area contributed by atoms with Gasteiger partial charge in [-0.25, -0.2) is 4.79 Å². The summed E-state index contributed by atoms with van der Waals surface area (Å²) >= 11 is 0. The summed E-state index contributed by atoms with van der Waals surface area (Å²) in [5, 5.41) is 0. The molecule has 1 heterocycles. The molecule has 0 unspecified atom stereocenters. The Balaban J connectivity index is 2.02. The highest BCUT2D eigenvalue weighted by atomic mass is 16.4. The Bertz CT molecular complexity index is 549. The molecule has 0 amide bonds. The molecule has 1 fully saturated rings. The van der Waals surface area contributed by atoms with Gasteiger partial charge in [-0.2, -0.15) is 0 Å². The number of hydrogen-bond acceptors (Lipinski definition) is 3. The molecule has 1 aromatic heterocycles. The minimum atomic E-state index is -0.396. The van der Waals surface area contributed by atoms with Crippen LogP contribution in [0.2, 0.25) is 0 Å². The second-order valence-electron chi connectivity index (χ2n) is 4.20. The number of hydrogen-bond donors (Lipinski definition) is 2. The van der Waals surface area contributed by atoms with E-state index in [1.165, 1.54) is 5.56 Å². The van der Waals surface area contributed by atoms with Crippen molar-refractivity contribution in [3.63, 3.8) is 0 Å². The molecule has 1 saturated carbocycles. The van der Waals surface area contributed by atoms with Gasteiger partial charge in [-0.05, 0) is 36.5 Å². The first kappa shape index (κ1) is 8.73. The van der Waals surface area contributed by atoms with Gasteiger partial charge in [-0.1, -0.05) is 6.07 Å². The van der Waals surface area contributed by atoms with Crippen LogP contribution >= 0.6 is 0 Å². The molecular weight excluding hydrogens is 192 g/mol. The molecule has 1 aromatic carbocycles. The average molecular weight is 204 g/mol. The number of aromatic amines is 1. The molecule has 0 bridgehead atoms. The lowest BCUT2D eigenvalue weighted by atomic mass is 9.76. The fourth-order valence-corrected chi connectivity index (χ4v) is 2.15. The summed E-state index contributed by atoms with van der Waals surface area (Å²) in [6, 6.07) is 6.19. The highest BCUT2D eigenvalue weighted by molar-refractivity contribution is 5.73. The van der Waals surface area contributed by atoms with Crippen molar-refractivity contribution in [3.8, 4) is 0 Å². The SMILES string of the molecule is NC1CC(c2ccc3[nH]c(=O)oc3c2)C1. The van der Waals surface area contributed by atoms with Gasteiger partial charge in [0.05, 0.1) is 5.52 Å². The quantitative estimate of drug-likeness (QED) is 0.736. The van der Waals surface area contributed by atoms with E-state index < -0.39 is 5.76 Å². The predicted molar refractivity (Wildman–Crippen MR) is 56.8 cm³/mol. The molecule has 0 aliphatic heterocycles. The van der Waals surface area contributed by atoms with Crippen LogP contribution in [-0.2, 0) is 0 Å². The summed E-state index contributed by atoms with van der Waals surface area (Å²) in [5.74, 6) is 0.136. The van der Waals surface area contributed by atoms with Gasteiger partial charge in [-0.3, -0.25) is 4.98 Å². The number of H-pyrrole nitrogens is 1. The highest BCUT2D eigenvalue weighted by Gasteiger charge is 2.27.